The lowest BCUT2D eigenvalue weighted by molar-refractivity contribution is 0.669. The topological polar surface area (TPSA) is 55.1 Å². The van der Waals surface area contributed by atoms with Crippen molar-refractivity contribution >= 4 is 50.1 Å². The van der Waals surface area contributed by atoms with E-state index in [4.69, 9.17) is 19.4 Å². The zero-order valence-corrected chi connectivity index (χ0v) is 34.8. The number of para-hydroxylation sites is 3. The number of hydrogen-bond donors (Lipinski definition) is 0. The van der Waals surface area contributed by atoms with Gasteiger partial charge in [-0.1, -0.05) is 188 Å². The number of fused-ring (bicyclic) bond motifs is 3. The predicted molar refractivity (Wildman–Crippen MR) is 262 cm³/mol. The van der Waals surface area contributed by atoms with Crippen molar-refractivity contribution in [3.63, 3.8) is 0 Å². The van der Waals surface area contributed by atoms with Gasteiger partial charge in [0, 0.05) is 44.5 Å². The van der Waals surface area contributed by atoms with E-state index >= 15 is 0 Å². The molecule has 302 valence electrons. The number of aromatic nitrogens is 3. The first kappa shape index (κ1) is 38.3. The van der Waals surface area contributed by atoms with E-state index in [9.17, 15) is 0 Å². The molecule has 9 aromatic carbocycles. The molecular formula is C59H40N4O. The van der Waals surface area contributed by atoms with Gasteiger partial charge in [0.1, 0.15) is 11.2 Å². The van der Waals surface area contributed by atoms with E-state index < -0.39 is 0 Å². The number of anilines is 3. The molecule has 2 aromatic heterocycles. The van der Waals surface area contributed by atoms with E-state index in [2.05, 4.69) is 193 Å². The van der Waals surface area contributed by atoms with Crippen molar-refractivity contribution in [2.75, 3.05) is 4.90 Å². The summed E-state index contributed by atoms with van der Waals surface area (Å²) in [4.78, 5) is 17.5. The molecular weight excluding hydrogens is 781 g/mol. The van der Waals surface area contributed by atoms with Crippen molar-refractivity contribution in [3.8, 4) is 34.2 Å². The van der Waals surface area contributed by atoms with E-state index in [-0.39, 0.29) is 0 Å². The summed E-state index contributed by atoms with van der Waals surface area (Å²) in [6, 6.07) is 84.3. The first-order chi connectivity index (χ1) is 31.7. The van der Waals surface area contributed by atoms with E-state index in [0.29, 0.717) is 17.5 Å². The largest absolute Gasteiger partial charge is 0.456 e. The Morgan fingerprint density at radius 2 is 0.672 bits per heavy atom. The molecule has 0 atom stereocenters. The second-order valence-electron chi connectivity index (χ2n) is 15.6. The van der Waals surface area contributed by atoms with Gasteiger partial charge < -0.3 is 9.32 Å². The van der Waals surface area contributed by atoms with Gasteiger partial charge in [-0.2, -0.15) is 0 Å². The minimum atomic E-state index is 0.575. The van der Waals surface area contributed by atoms with Crippen LogP contribution < -0.4 is 4.90 Å². The van der Waals surface area contributed by atoms with Crippen LogP contribution in [0.5, 0.6) is 0 Å². The average Bonchev–Trinajstić information content (AvgIpc) is 3.75. The molecule has 0 saturated carbocycles. The molecule has 64 heavy (non-hydrogen) atoms. The van der Waals surface area contributed by atoms with Crippen LogP contribution in [0, 0.1) is 0 Å². The molecule has 0 spiro atoms. The van der Waals surface area contributed by atoms with Gasteiger partial charge in [0.05, 0.1) is 0 Å². The van der Waals surface area contributed by atoms with Crippen molar-refractivity contribution < 1.29 is 4.42 Å². The van der Waals surface area contributed by atoms with Crippen molar-refractivity contribution in [2.45, 2.75) is 0 Å². The fourth-order valence-corrected chi connectivity index (χ4v) is 8.50. The molecule has 11 aromatic rings. The Labute approximate surface area is 372 Å². The first-order valence-electron chi connectivity index (χ1n) is 21.4. The van der Waals surface area contributed by atoms with Crippen LogP contribution in [0.15, 0.2) is 247 Å². The second kappa shape index (κ2) is 17.0. The molecule has 5 heteroatoms. The Balaban J connectivity index is 1.05. The third kappa shape index (κ3) is 7.52. The van der Waals surface area contributed by atoms with E-state index in [1.54, 1.807) is 0 Å². The fraction of sp³-hybridized carbons (Fsp3) is 0. The summed E-state index contributed by atoms with van der Waals surface area (Å²) in [7, 11) is 0. The summed E-state index contributed by atoms with van der Waals surface area (Å²) in [5, 5.41) is 2.14. The molecule has 5 nitrogen and oxygen atoms in total. The highest BCUT2D eigenvalue weighted by atomic mass is 16.3. The molecule has 0 saturated heterocycles. The molecule has 0 aliphatic rings. The van der Waals surface area contributed by atoms with Gasteiger partial charge in [0.2, 0.25) is 0 Å². The van der Waals surface area contributed by atoms with Crippen LogP contribution in [-0.2, 0) is 0 Å². The SMILES string of the molecule is c1ccc(C(=C(c2ccc(-c3nc(-c4ccccc4)nc(-c4ccc5c(c4)oc4ccccc45)n3)cc2)c2ccc(N(c3ccccc3)c3ccccc3)cc2)c2ccccc2)cc1. The van der Waals surface area contributed by atoms with Gasteiger partial charge >= 0.3 is 0 Å². The molecule has 11 rings (SSSR count). The van der Waals surface area contributed by atoms with Crippen molar-refractivity contribution in [1.29, 1.82) is 0 Å². The molecule has 0 amide bonds. The molecule has 0 unspecified atom stereocenters. The maximum atomic E-state index is 6.28. The van der Waals surface area contributed by atoms with Gasteiger partial charge in [-0.3, -0.25) is 0 Å². The van der Waals surface area contributed by atoms with Gasteiger partial charge in [-0.25, -0.2) is 15.0 Å². The Morgan fingerprint density at radius 3 is 1.22 bits per heavy atom. The predicted octanol–water partition coefficient (Wildman–Crippen LogP) is 15.2. The number of hydrogen-bond acceptors (Lipinski definition) is 5. The molecule has 0 aliphatic heterocycles. The molecule has 0 fully saturated rings. The van der Waals surface area contributed by atoms with Crippen LogP contribution in [0.4, 0.5) is 17.1 Å². The maximum absolute atomic E-state index is 6.28. The molecule has 0 bridgehead atoms. The van der Waals surface area contributed by atoms with Crippen LogP contribution in [-0.4, -0.2) is 15.0 Å². The van der Waals surface area contributed by atoms with Crippen molar-refractivity contribution in [2.24, 2.45) is 0 Å². The Kier molecular flexibility index (Phi) is 10.2. The Hall–Kier alpha value is -8.67. The smallest absolute Gasteiger partial charge is 0.164 e. The van der Waals surface area contributed by atoms with Gasteiger partial charge in [-0.15, -0.1) is 0 Å². The highest BCUT2D eigenvalue weighted by molar-refractivity contribution is 6.06. The maximum Gasteiger partial charge on any atom is 0.164 e. The zero-order chi connectivity index (χ0) is 42.7. The number of furan rings is 1. The Morgan fingerprint density at radius 1 is 0.297 bits per heavy atom. The van der Waals surface area contributed by atoms with Crippen LogP contribution in [0.3, 0.4) is 0 Å². The van der Waals surface area contributed by atoms with Crippen LogP contribution in [0.2, 0.25) is 0 Å². The summed E-state index contributed by atoms with van der Waals surface area (Å²) in [6.45, 7) is 0. The van der Waals surface area contributed by atoms with Crippen molar-refractivity contribution in [1.82, 2.24) is 15.0 Å². The monoisotopic (exact) mass is 820 g/mol. The summed E-state index contributed by atoms with van der Waals surface area (Å²) in [5.74, 6) is 1.76. The molecule has 0 radical (unpaired) electrons. The highest BCUT2D eigenvalue weighted by Gasteiger charge is 2.20. The Bertz CT molecular complexity index is 3310. The molecule has 2 heterocycles. The van der Waals surface area contributed by atoms with E-state index in [0.717, 1.165) is 89.1 Å². The normalized spacial score (nSPS) is 11.1. The lowest BCUT2D eigenvalue weighted by Gasteiger charge is -2.26. The van der Waals surface area contributed by atoms with Crippen LogP contribution in [0.1, 0.15) is 22.3 Å². The minimum Gasteiger partial charge on any atom is -0.456 e. The van der Waals surface area contributed by atoms with Crippen molar-refractivity contribution in [3.05, 3.63) is 265 Å². The van der Waals surface area contributed by atoms with Crippen LogP contribution >= 0.6 is 0 Å². The second-order valence-corrected chi connectivity index (χ2v) is 15.6. The summed E-state index contributed by atoms with van der Waals surface area (Å²) in [5.41, 5.74) is 14.2. The first-order valence-corrected chi connectivity index (χ1v) is 21.4. The van der Waals surface area contributed by atoms with E-state index in [1.165, 1.54) is 0 Å². The third-order valence-corrected chi connectivity index (χ3v) is 11.6. The summed E-state index contributed by atoms with van der Waals surface area (Å²) in [6.07, 6.45) is 0. The summed E-state index contributed by atoms with van der Waals surface area (Å²) >= 11 is 0. The molecule has 0 aliphatic carbocycles. The standard InChI is InChI=1S/C59H40N4O/c1-6-18-41(19-7-1)55(42-20-8-2-9-21-42)56(44-34-37-50(38-35-44)63(48-24-12-4-13-25-48)49-26-14-5-15-27-49)43-30-32-46(33-31-43)58-60-57(45-22-10-3-11-23-45)61-59(62-58)47-36-39-52-51-28-16-17-29-53(51)64-54(52)40-47/h1-40H. The van der Waals surface area contributed by atoms with Gasteiger partial charge in [0.15, 0.2) is 17.5 Å². The number of nitrogens with zero attached hydrogens (tertiary/aromatic N) is 4. The lowest BCUT2D eigenvalue weighted by atomic mass is 9.85. The zero-order valence-electron chi connectivity index (χ0n) is 34.8. The third-order valence-electron chi connectivity index (χ3n) is 11.6. The van der Waals surface area contributed by atoms with Gasteiger partial charge in [0.25, 0.3) is 0 Å². The number of rotatable bonds is 10. The minimum absolute atomic E-state index is 0.575. The quantitative estimate of drug-likeness (QED) is 0.129. The van der Waals surface area contributed by atoms with E-state index in [1.807, 2.05) is 54.6 Å². The number of benzene rings is 9. The molecule has 0 N–H and O–H groups in total. The summed E-state index contributed by atoms with van der Waals surface area (Å²) < 4.78 is 6.28. The van der Waals surface area contributed by atoms with Gasteiger partial charge in [-0.05, 0) is 88.0 Å². The fourth-order valence-electron chi connectivity index (χ4n) is 8.50. The lowest BCUT2D eigenvalue weighted by Crippen LogP contribution is -2.09. The highest BCUT2D eigenvalue weighted by Crippen LogP contribution is 2.40. The average molecular weight is 821 g/mol. The van der Waals surface area contributed by atoms with Crippen LogP contribution in [0.25, 0.3) is 67.2 Å².